The number of hydrogen-bond donors (Lipinski definition) is 1. The van der Waals surface area contributed by atoms with Crippen LogP contribution in [0.4, 0.5) is 0 Å². The summed E-state index contributed by atoms with van der Waals surface area (Å²) in [5, 5.41) is 10.3. The topological polar surface area (TPSA) is 23.5 Å². The third-order valence-electron chi connectivity index (χ3n) is 2.38. The molecule has 0 radical (unpaired) electrons. The van der Waals surface area contributed by atoms with E-state index in [9.17, 15) is 5.11 Å². The van der Waals surface area contributed by atoms with Crippen molar-refractivity contribution in [2.75, 3.05) is 12.8 Å². The zero-order valence-electron chi connectivity index (χ0n) is 7.66. The summed E-state index contributed by atoms with van der Waals surface area (Å²) in [5.41, 5.74) is -0.563. The largest absolute Gasteiger partial charge is 0.389 e. The van der Waals surface area contributed by atoms with Crippen molar-refractivity contribution < 1.29 is 5.11 Å². The van der Waals surface area contributed by atoms with Gasteiger partial charge in [0, 0.05) is 11.8 Å². The van der Waals surface area contributed by atoms with Gasteiger partial charge in [-0.15, -0.1) is 11.8 Å². The Kier molecular flexibility index (Phi) is 2.52. The minimum absolute atomic E-state index is 0.308. The molecule has 1 heterocycles. The molecule has 0 aromatic heterocycles. The highest BCUT2D eigenvalue weighted by molar-refractivity contribution is 8.00. The molecule has 0 bridgehead atoms. The van der Waals surface area contributed by atoms with Gasteiger partial charge in [0.05, 0.1) is 11.0 Å². The fraction of sp³-hybridized carbons (Fsp3) is 1.00. The number of rotatable bonds is 1. The third kappa shape index (κ3) is 1.89. The Morgan fingerprint density at radius 2 is 2.09 bits per heavy atom. The number of aliphatic hydroxyl groups is 1. The normalized spacial score (nSPS) is 34.6. The second-order valence-electron chi connectivity index (χ2n) is 3.77. The molecule has 1 N–H and O–H groups in total. The molecule has 0 spiro atoms. The summed E-state index contributed by atoms with van der Waals surface area (Å²) in [5.74, 6) is 1.04. The minimum atomic E-state index is -0.563. The number of likely N-dealkylation sites (N-methyl/N-ethyl adjacent to an activating group) is 1. The lowest BCUT2D eigenvalue weighted by Gasteiger charge is -2.32. The van der Waals surface area contributed by atoms with Crippen molar-refractivity contribution in [1.29, 1.82) is 0 Å². The summed E-state index contributed by atoms with van der Waals surface area (Å²) < 4.78 is 0. The summed E-state index contributed by atoms with van der Waals surface area (Å²) in [7, 11) is 2.08. The van der Waals surface area contributed by atoms with Crippen molar-refractivity contribution in [3.8, 4) is 0 Å². The number of hydrogen-bond acceptors (Lipinski definition) is 3. The Morgan fingerprint density at radius 3 is 2.27 bits per heavy atom. The van der Waals surface area contributed by atoms with Crippen molar-refractivity contribution in [3.05, 3.63) is 0 Å². The van der Waals surface area contributed by atoms with Crippen molar-refractivity contribution in [2.24, 2.45) is 0 Å². The van der Waals surface area contributed by atoms with E-state index in [-0.39, 0.29) is 0 Å². The second-order valence-corrected chi connectivity index (χ2v) is 5.12. The van der Waals surface area contributed by atoms with Gasteiger partial charge >= 0.3 is 0 Å². The molecular formula is C8H17NOS. The molecule has 2 nitrogen and oxygen atoms in total. The average Bonchev–Trinajstić information content (AvgIpc) is 2.11. The Morgan fingerprint density at radius 1 is 1.55 bits per heavy atom. The monoisotopic (exact) mass is 175 g/mol. The lowest BCUT2D eigenvalue weighted by molar-refractivity contribution is 0.00376. The fourth-order valence-electron chi connectivity index (χ4n) is 1.42. The van der Waals surface area contributed by atoms with Crippen LogP contribution in [0.15, 0.2) is 0 Å². The van der Waals surface area contributed by atoms with E-state index >= 15 is 0 Å². The van der Waals surface area contributed by atoms with Crippen molar-refractivity contribution in [1.82, 2.24) is 4.90 Å². The molecule has 1 aliphatic rings. The molecule has 1 fully saturated rings. The van der Waals surface area contributed by atoms with E-state index in [1.165, 1.54) is 0 Å². The van der Waals surface area contributed by atoms with Gasteiger partial charge in [0.25, 0.3) is 0 Å². The summed E-state index contributed by atoms with van der Waals surface area (Å²) in [4.78, 5) is 2.24. The van der Waals surface area contributed by atoms with Crippen LogP contribution in [-0.4, -0.2) is 39.8 Å². The molecule has 0 aromatic rings. The van der Waals surface area contributed by atoms with E-state index in [1.54, 1.807) is 0 Å². The minimum Gasteiger partial charge on any atom is -0.389 e. The Hall–Kier alpha value is 0.270. The van der Waals surface area contributed by atoms with Crippen LogP contribution in [0.25, 0.3) is 0 Å². The molecular weight excluding hydrogens is 158 g/mol. The fourth-order valence-corrected chi connectivity index (χ4v) is 2.91. The molecule has 66 valence electrons. The maximum atomic E-state index is 9.75. The Balaban J connectivity index is 2.62. The summed E-state index contributed by atoms with van der Waals surface area (Å²) in [6, 6.07) is 0.308. The summed E-state index contributed by atoms with van der Waals surface area (Å²) in [6.07, 6.45) is 0. The van der Waals surface area contributed by atoms with Crippen LogP contribution in [0.1, 0.15) is 20.8 Å². The smallest absolute Gasteiger partial charge is 0.0754 e. The van der Waals surface area contributed by atoms with Crippen LogP contribution >= 0.6 is 11.8 Å². The Labute approximate surface area is 73.0 Å². The van der Waals surface area contributed by atoms with E-state index in [0.29, 0.717) is 11.4 Å². The highest BCUT2D eigenvalue weighted by Gasteiger charge is 2.37. The molecule has 0 aliphatic carbocycles. The first-order valence-corrected chi connectivity index (χ1v) is 5.03. The van der Waals surface area contributed by atoms with Crippen LogP contribution in [0.5, 0.6) is 0 Å². The average molecular weight is 175 g/mol. The predicted molar refractivity (Wildman–Crippen MR) is 49.8 cm³/mol. The summed E-state index contributed by atoms with van der Waals surface area (Å²) >= 11 is 1.91. The molecule has 1 aliphatic heterocycles. The van der Waals surface area contributed by atoms with Gasteiger partial charge in [-0.3, -0.25) is 4.90 Å². The maximum absolute atomic E-state index is 9.75. The first-order valence-electron chi connectivity index (χ1n) is 3.99. The summed E-state index contributed by atoms with van der Waals surface area (Å²) in [6.45, 7) is 5.94. The van der Waals surface area contributed by atoms with Crippen LogP contribution < -0.4 is 0 Å². The van der Waals surface area contributed by atoms with Crippen LogP contribution in [0, 0.1) is 0 Å². The number of thioether (sulfide) groups is 1. The van der Waals surface area contributed by atoms with Crippen LogP contribution in [0.2, 0.25) is 0 Å². The molecule has 2 atom stereocenters. The van der Waals surface area contributed by atoms with Gasteiger partial charge < -0.3 is 5.11 Å². The lowest BCUT2D eigenvalue weighted by Crippen LogP contribution is -2.46. The highest BCUT2D eigenvalue weighted by Crippen LogP contribution is 2.32. The highest BCUT2D eigenvalue weighted by atomic mass is 32.2. The van der Waals surface area contributed by atoms with E-state index in [1.807, 2.05) is 25.6 Å². The van der Waals surface area contributed by atoms with Gasteiger partial charge in [0.15, 0.2) is 0 Å². The molecule has 1 saturated heterocycles. The predicted octanol–water partition coefficient (Wildman–Crippen LogP) is 1.15. The molecule has 0 amide bonds. The van der Waals surface area contributed by atoms with Crippen molar-refractivity contribution in [2.45, 2.75) is 37.8 Å². The van der Waals surface area contributed by atoms with E-state index in [4.69, 9.17) is 0 Å². The lowest BCUT2D eigenvalue weighted by atomic mass is 10.00. The van der Waals surface area contributed by atoms with Gasteiger partial charge in [-0.05, 0) is 27.8 Å². The molecule has 1 rings (SSSR count). The molecule has 1 unspecified atom stereocenters. The van der Waals surface area contributed by atoms with Gasteiger partial charge in [-0.2, -0.15) is 0 Å². The number of nitrogens with zero attached hydrogens (tertiary/aromatic N) is 1. The SMILES string of the molecule is C[C@H]1SCC(C(C)(C)O)N1C. The van der Waals surface area contributed by atoms with Gasteiger partial charge in [0.1, 0.15) is 0 Å². The van der Waals surface area contributed by atoms with Gasteiger partial charge in [-0.25, -0.2) is 0 Å². The molecule has 11 heavy (non-hydrogen) atoms. The van der Waals surface area contributed by atoms with Crippen LogP contribution in [-0.2, 0) is 0 Å². The first kappa shape index (κ1) is 9.36. The zero-order chi connectivity index (χ0) is 8.65. The Bertz CT molecular complexity index is 144. The maximum Gasteiger partial charge on any atom is 0.0754 e. The van der Waals surface area contributed by atoms with Crippen molar-refractivity contribution in [3.63, 3.8) is 0 Å². The van der Waals surface area contributed by atoms with Crippen molar-refractivity contribution >= 4 is 11.8 Å². The van der Waals surface area contributed by atoms with Gasteiger partial charge in [0.2, 0.25) is 0 Å². The van der Waals surface area contributed by atoms with E-state index < -0.39 is 5.60 Å². The quantitative estimate of drug-likeness (QED) is 0.646. The molecule has 3 heteroatoms. The van der Waals surface area contributed by atoms with Crippen LogP contribution in [0.3, 0.4) is 0 Å². The first-order chi connectivity index (χ1) is 4.93. The van der Waals surface area contributed by atoms with Gasteiger partial charge in [-0.1, -0.05) is 0 Å². The second kappa shape index (κ2) is 2.96. The van der Waals surface area contributed by atoms with E-state index in [0.717, 1.165) is 5.75 Å². The standard InChI is InChI=1S/C8H17NOS/c1-6-9(4)7(5-11-6)8(2,3)10/h6-7,10H,5H2,1-4H3/t6-,7?/m1/s1. The third-order valence-corrected chi connectivity index (χ3v) is 3.70. The molecule has 0 aromatic carbocycles. The molecule has 0 saturated carbocycles. The zero-order valence-corrected chi connectivity index (χ0v) is 8.48. The van der Waals surface area contributed by atoms with E-state index in [2.05, 4.69) is 18.9 Å².